The number of hydrogen-bond acceptors (Lipinski definition) is 6. The maximum atomic E-state index is 13.9. The van der Waals surface area contributed by atoms with Crippen molar-refractivity contribution in [3.8, 4) is 0 Å². The van der Waals surface area contributed by atoms with Crippen molar-refractivity contribution in [3.05, 3.63) is 32.6 Å². The van der Waals surface area contributed by atoms with Crippen LogP contribution in [0.15, 0.2) is 15.8 Å². The third kappa shape index (κ3) is 2.86. The summed E-state index contributed by atoms with van der Waals surface area (Å²) >= 11 is 0. The molecule has 1 aliphatic rings. The number of nitrogens with zero attached hydrogens (tertiary/aromatic N) is 1. The SMILES string of the molecule is O=C(O)Cc1cn([C@@H]2O[C@H](CO)C(O)[C@@H]2F)c(=O)[nH]c1=O. The standard InChI is InChI=1S/C11H13FN2O7/c12-7-8(18)5(3-15)21-10(7)14-2-4(1-6(16)17)9(19)13-11(14)20/h2,5,7-8,10,15,18H,1,3H2,(H,16,17)(H,13,19,20)/t5-,7+,8?,10-/m1/s1. The number of aromatic amines is 1. The van der Waals surface area contributed by atoms with E-state index in [0.29, 0.717) is 4.57 Å². The summed E-state index contributed by atoms with van der Waals surface area (Å²) in [6, 6.07) is 0. The van der Waals surface area contributed by atoms with Crippen LogP contribution in [0.4, 0.5) is 4.39 Å². The number of ether oxygens (including phenoxy) is 1. The van der Waals surface area contributed by atoms with Crippen LogP contribution in [0.25, 0.3) is 0 Å². The molecule has 9 nitrogen and oxygen atoms in total. The van der Waals surface area contributed by atoms with Crippen molar-refractivity contribution < 1.29 is 29.2 Å². The van der Waals surface area contributed by atoms with Crippen LogP contribution in [0.3, 0.4) is 0 Å². The highest BCUT2D eigenvalue weighted by Crippen LogP contribution is 2.30. The lowest BCUT2D eigenvalue weighted by atomic mass is 10.1. The first kappa shape index (κ1) is 15.4. The topological polar surface area (TPSA) is 142 Å². The Labute approximate surface area is 116 Å². The minimum Gasteiger partial charge on any atom is -0.481 e. The van der Waals surface area contributed by atoms with Gasteiger partial charge in [0.2, 0.25) is 0 Å². The van der Waals surface area contributed by atoms with Gasteiger partial charge in [-0.1, -0.05) is 0 Å². The predicted molar refractivity (Wildman–Crippen MR) is 64.6 cm³/mol. The molecule has 0 aromatic carbocycles. The molecule has 0 saturated carbocycles. The number of carboxylic acids is 1. The number of carbonyl (C=O) groups is 1. The average Bonchev–Trinajstić information content (AvgIpc) is 2.69. The van der Waals surface area contributed by atoms with Gasteiger partial charge in [-0.2, -0.15) is 0 Å². The predicted octanol–water partition coefficient (Wildman–Crippen LogP) is -2.25. The third-order valence-electron chi connectivity index (χ3n) is 3.13. The summed E-state index contributed by atoms with van der Waals surface area (Å²) in [5.74, 6) is -1.30. The molecule has 1 unspecified atom stereocenters. The van der Waals surface area contributed by atoms with Crippen LogP contribution in [0.1, 0.15) is 11.8 Å². The summed E-state index contributed by atoms with van der Waals surface area (Å²) in [5.41, 5.74) is -2.17. The van der Waals surface area contributed by atoms with Gasteiger partial charge in [-0.25, -0.2) is 9.18 Å². The highest BCUT2D eigenvalue weighted by molar-refractivity contribution is 5.69. The maximum Gasteiger partial charge on any atom is 0.330 e. The van der Waals surface area contributed by atoms with E-state index >= 15 is 0 Å². The third-order valence-corrected chi connectivity index (χ3v) is 3.13. The lowest BCUT2D eigenvalue weighted by Gasteiger charge is -2.16. The molecule has 2 heterocycles. The quantitative estimate of drug-likeness (QED) is 0.492. The largest absolute Gasteiger partial charge is 0.481 e. The summed E-state index contributed by atoms with van der Waals surface area (Å²) in [5, 5.41) is 27.1. The molecule has 4 atom stereocenters. The number of hydrogen-bond donors (Lipinski definition) is 4. The molecule has 0 spiro atoms. The van der Waals surface area contributed by atoms with E-state index in [2.05, 4.69) is 0 Å². The summed E-state index contributed by atoms with van der Waals surface area (Å²) in [6.07, 6.45) is -6.21. The molecule has 10 heteroatoms. The minimum absolute atomic E-state index is 0.264. The van der Waals surface area contributed by atoms with Gasteiger partial charge in [0.25, 0.3) is 5.56 Å². The van der Waals surface area contributed by atoms with E-state index in [9.17, 15) is 23.9 Å². The molecule has 1 aliphatic heterocycles. The van der Waals surface area contributed by atoms with Gasteiger partial charge in [-0.05, 0) is 0 Å². The Morgan fingerprint density at radius 1 is 1.48 bits per heavy atom. The number of H-pyrrole nitrogens is 1. The molecule has 21 heavy (non-hydrogen) atoms. The molecule has 1 aromatic rings. The Balaban J connectivity index is 2.42. The fourth-order valence-electron chi connectivity index (χ4n) is 2.08. The number of alkyl halides is 1. The molecule has 1 aromatic heterocycles. The molecule has 116 valence electrons. The Morgan fingerprint density at radius 3 is 2.67 bits per heavy atom. The number of carboxylic acid groups (broad SMARTS) is 1. The van der Waals surface area contributed by atoms with E-state index in [1.807, 2.05) is 4.98 Å². The highest BCUT2D eigenvalue weighted by Gasteiger charge is 2.45. The lowest BCUT2D eigenvalue weighted by molar-refractivity contribution is -0.136. The number of aliphatic hydroxyl groups is 2. The van der Waals surface area contributed by atoms with Gasteiger partial charge >= 0.3 is 11.7 Å². The van der Waals surface area contributed by atoms with Crippen LogP contribution >= 0.6 is 0 Å². The number of halogens is 1. The summed E-state index contributed by atoms with van der Waals surface area (Å²) in [4.78, 5) is 35.6. The van der Waals surface area contributed by atoms with Crippen LogP contribution in [-0.4, -0.2) is 55.8 Å². The van der Waals surface area contributed by atoms with Gasteiger partial charge < -0.3 is 20.1 Å². The van der Waals surface area contributed by atoms with Crippen molar-refractivity contribution in [2.75, 3.05) is 6.61 Å². The van der Waals surface area contributed by atoms with Crippen molar-refractivity contribution in [2.45, 2.75) is 31.0 Å². The zero-order valence-corrected chi connectivity index (χ0v) is 10.6. The average molecular weight is 304 g/mol. The van der Waals surface area contributed by atoms with Crippen molar-refractivity contribution in [3.63, 3.8) is 0 Å². The molecule has 1 fully saturated rings. The summed E-state index contributed by atoms with van der Waals surface area (Å²) < 4.78 is 19.6. The van der Waals surface area contributed by atoms with Crippen LogP contribution < -0.4 is 11.2 Å². The molecule has 0 bridgehead atoms. The van der Waals surface area contributed by atoms with Crippen LogP contribution in [0, 0.1) is 0 Å². The molecule has 0 aliphatic carbocycles. The number of aliphatic hydroxyl groups excluding tert-OH is 2. The second-order valence-electron chi connectivity index (χ2n) is 4.57. The molecule has 4 N–H and O–H groups in total. The Morgan fingerprint density at radius 2 is 2.14 bits per heavy atom. The van der Waals surface area contributed by atoms with Gasteiger partial charge in [-0.3, -0.25) is 19.1 Å². The summed E-state index contributed by atoms with van der Waals surface area (Å²) in [7, 11) is 0. The van der Waals surface area contributed by atoms with Gasteiger partial charge in [0.1, 0.15) is 12.2 Å². The monoisotopic (exact) mass is 304 g/mol. The minimum atomic E-state index is -2.01. The molecule has 0 amide bonds. The maximum absolute atomic E-state index is 13.9. The van der Waals surface area contributed by atoms with Gasteiger partial charge in [-0.15, -0.1) is 0 Å². The highest BCUT2D eigenvalue weighted by atomic mass is 19.1. The molecular formula is C11H13FN2O7. The normalized spacial score (nSPS) is 28.7. The first-order valence-corrected chi connectivity index (χ1v) is 5.99. The zero-order chi connectivity index (χ0) is 15.7. The van der Waals surface area contributed by atoms with E-state index in [4.69, 9.17) is 14.9 Å². The number of nitrogens with one attached hydrogen (secondary N) is 1. The van der Waals surface area contributed by atoms with Gasteiger partial charge in [0, 0.05) is 11.8 Å². The van der Waals surface area contributed by atoms with Crippen molar-refractivity contribution in [2.24, 2.45) is 0 Å². The van der Waals surface area contributed by atoms with Gasteiger partial charge in [0.05, 0.1) is 13.0 Å². The number of rotatable bonds is 4. The second kappa shape index (κ2) is 5.76. The van der Waals surface area contributed by atoms with Crippen LogP contribution in [-0.2, 0) is 16.0 Å². The molecular weight excluding hydrogens is 291 g/mol. The van der Waals surface area contributed by atoms with E-state index in [1.54, 1.807) is 0 Å². The summed E-state index contributed by atoms with van der Waals surface area (Å²) in [6.45, 7) is -0.655. The Kier molecular flexibility index (Phi) is 4.21. The van der Waals surface area contributed by atoms with E-state index < -0.39 is 54.9 Å². The van der Waals surface area contributed by atoms with Crippen molar-refractivity contribution in [1.82, 2.24) is 9.55 Å². The van der Waals surface area contributed by atoms with Crippen LogP contribution in [0.5, 0.6) is 0 Å². The number of aromatic nitrogens is 2. The first-order chi connectivity index (χ1) is 9.85. The van der Waals surface area contributed by atoms with Crippen molar-refractivity contribution >= 4 is 5.97 Å². The lowest BCUT2D eigenvalue weighted by Crippen LogP contribution is -2.37. The van der Waals surface area contributed by atoms with Crippen molar-refractivity contribution in [1.29, 1.82) is 0 Å². The fraction of sp³-hybridized carbons (Fsp3) is 0.545. The molecule has 1 saturated heterocycles. The molecule has 2 rings (SSSR count). The Hall–Kier alpha value is -2.04. The van der Waals surface area contributed by atoms with E-state index in [0.717, 1.165) is 6.20 Å². The van der Waals surface area contributed by atoms with Gasteiger partial charge in [0.15, 0.2) is 12.4 Å². The molecule has 0 radical (unpaired) electrons. The second-order valence-corrected chi connectivity index (χ2v) is 4.57. The fourth-order valence-corrected chi connectivity index (χ4v) is 2.08. The first-order valence-electron chi connectivity index (χ1n) is 5.99. The number of aliphatic carboxylic acids is 1. The zero-order valence-electron chi connectivity index (χ0n) is 10.6. The smallest absolute Gasteiger partial charge is 0.330 e. The van der Waals surface area contributed by atoms with E-state index in [1.165, 1.54) is 0 Å². The Bertz CT molecular complexity index is 655. The van der Waals surface area contributed by atoms with E-state index in [-0.39, 0.29) is 5.56 Å². The van der Waals surface area contributed by atoms with Crippen LogP contribution in [0.2, 0.25) is 0 Å².